The topological polar surface area (TPSA) is 46.4 Å². The van der Waals surface area contributed by atoms with Gasteiger partial charge in [0.15, 0.2) is 4.96 Å². The Hall–Kier alpha value is -1.85. The maximum absolute atomic E-state index is 12.5. The third kappa shape index (κ3) is 3.94. The minimum absolute atomic E-state index is 0.110. The van der Waals surface area contributed by atoms with Gasteiger partial charge in [0, 0.05) is 33.9 Å². The molecule has 0 radical (unpaired) electrons. The van der Waals surface area contributed by atoms with Crippen molar-refractivity contribution in [2.75, 3.05) is 0 Å². The van der Waals surface area contributed by atoms with Crippen molar-refractivity contribution in [3.05, 3.63) is 46.6 Å². The van der Waals surface area contributed by atoms with Crippen LogP contribution in [0.1, 0.15) is 44.2 Å². The molecule has 1 aromatic carbocycles. The number of amides is 1. The summed E-state index contributed by atoms with van der Waals surface area (Å²) in [7, 11) is 0. The van der Waals surface area contributed by atoms with Crippen molar-refractivity contribution in [1.29, 1.82) is 0 Å². The van der Waals surface area contributed by atoms with E-state index >= 15 is 0 Å². The molecular weight excluding hydrogens is 366 g/mol. The van der Waals surface area contributed by atoms with Crippen LogP contribution < -0.4 is 5.32 Å². The number of fused-ring (bicyclic) bond motifs is 1. The van der Waals surface area contributed by atoms with Crippen molar-refractivity contribution in [1.82, 2.24) is 14.7 Å². The summed E-state index contributed by atoms with van der Waals surface area (Å²) in [6.45, 7) is 0. The number of imidazole rings is 1. The molecule has 1 aliphatic rings. The number of rotatable bonds is 4. The SMILES string of the molecule is O=C(Cc1csc2nc(-c3ccc(Cl)cc3)cn12)NC1CCCCCC1. The minimum Gasteiger partial charge on any atom is -0.353 e. The Morgan fingerprint density at radius 2 is 1.92 bits per heavy atom. The first kappa shape index (κ1) is 17.6. The smallest absolute Gasteiger partial charge is 0.226 e. The van der Waals surface area contributed by atoms with Gasteiger partial charge < -0.3 is 5.32 Å². The van der Waals surface area contributed by atoms with Gasteiger partial charge in [0.05, 0.1) is 12.1 Å². The summed E-state index contributed by atoms with van der Waals surface area (Å²) in [4.78, 5) is 18.1. The van der Waals surface area contributed by atoms with Gasteiger partial charge >= 0.3 is 0 Å². The highest BCUT2D eigenvalue weighted by Crippen LogP contribution is 2.25. The van der Waals surface area contributed by atoms with Crippen molar-refractivity contribution in [3.63, 3.8) is 0 Å². The zero-order valence-electron chi connectivity index (χ0n) is 14.6. The lowest BCUT2D eigenvalue weighted by molar-refractivity contribution is -0.121. The highest BCUT2D eigenvalue weighted by atomic mass is 35.5. The summed E-state index contributed by atoms with van der Waals surface area (Å²) >= 11 is 7.53. The third-order valence-electron chi connectivity index (χ3n) is 4.99. The Labute approximate surface area is 162 Å². The van der Waals surface area contributed by atoms with Crippen LogP contribution in [0.4, 0.5) is 0 Å². The number of carbonyl (C=O) groups is 1. The molecule has 0 bridgehead atoms. The molecule has 4 nitrogen and oxygen atoms in total. The molecule has 1 saturated carbocycles. The van der Waals surface area contributed by atoms with Crippen LogP contribution in [0.2, 0.25) is 5.02 Å². The molecule has 4 rings (SSSR count). The molecule has 1 N–H and O–H groups in total. The predicted octanol–water partition coefficient (Wildman–Crippen LogP) is 5.10. The Kier molecular flexibility index (Phi) is 5.27. The van der Waals surface area contributed by atoms with Crippen LogP contribution in [-0.4, -0.2) is 21.3 Å². The van der Waals surface area contributed by atoms with Crippen LogP contribution in [0.5, 0.6) is 0 Å². The van der Waals surface area contributed by atoms with E-state index in [0.29, 0.717) is 17.5 Å². The Morgan fingerprint density at radius 3 is 2.65 bits per heavy atom. The Bertz CT molecular complexity index is 892. The van der Waals surface area contributed by atoms with Crippen molar-refractivity contribution < 1.29 is 4.79 Å². The van der Waals surface area contributed by atoms with E-state index < -0.39 is 0 Å². The van der Waals surface area contributed by atoms with Crippen LogP contribution in [0, 0.1) is 0 Å². The number of carbonyl (C=O) groups excluding carboxylic acids is 1. The first-order valence-electron chi connectivity index (χ1n) is 9.20. The highest BCUT2D eigenvalue weighted by Gasteiger charge is 2.17. The fourth-order valence-electron chi connectivity index (χ4n) is 3.58. The molecule has 3 aromatic rings. The van der Waals surface area contributed by atoms with Gasteiger partial charge in [0.25, 0.3) is 0 Å². The van der Waals surface area contributed by atoms with Gasteiger partial charge in [-0.05, 0) is 25.0 Å². The van der Waals surface area contributed by atoms with Crippen LogP contribution >= 0.6 is 22.9 Å². The number of aromatic nitrogens is 2. The number of thiazole rings is 1. The monoisotopic (exact) mass is 387 g/mol. The lowest BCUT2D eigenvalue weighted by Gasteiger charge is -2.15. The second-order valence-corrected chi connectivity index (χ2v) is 8.22. The number of nitrogens with zero attached hydrogens (tertiary/aromatic N) is 2. The second-order valence-electron chi connectivity index (χ2n) is 6.95. The predicted molar refractivity (Wildman–Crippen MR) is 107 cm³/mol. The van der Waals surface area contributed by atoms with E-state index in [1.807, 2.05) is 40.2 Å². The van der Waals surface area contributed by atoms with Gasteiger partial charge in [-0.1, -0.05) is 49.4 Å². The molecule has 0 unspecified atom stereocenters. The zero-order valence-corrected chi connectivity index (χ0v) is 16.2. The summed E-state index contributed by atoms with van der Waals surface area (Å²) in [6, 6.07) is 8.00. The number of hydrogen-bond acceptors (Lipinski definition) is 3. The van der Waals surface area contributed by atoms with Crippen LogP contribution in [0.3, 0.4) is 0 Å². The quantitative estimate of drug-likeness (QED) is 0.633. The molecule has 0 saturated heterocycles. The number of halogens is 1. The van der Waals surface area contributed by atoms with Crippen molar-refractivity contribution in [2.45, 2.75) is 51.0 Å². The Morgan fingerprint density at radius 1 is 1.19 bits per heavy atom. The minimum atomic E-state index is 0.110. The zero-order chi connectivity index (χ0) is 17.9. The molecule has 2 aromatic heterocycles. The average molecular weight is 388 g/mol. The molecule has 0 atom stereocenters. The van der Waals surface area contributed by atoms with E-state index in [2.05, 4.69) is 10.3 Å². The molecule has 0 aliphatic heterocycles. The standard InChI is InChI=1S/C20H22ClN3OS/c21-15-9-7-14(8-10-15)18-12-24-17(13-26-20(24)23-18)11-19(25)22-16-5-3-1-2-4-6-16/h7-10,12-13,16H,1-6,11H2,(H,22,25). The van der Waals surface area contributed by atoms with Gasteiger partial charge in [-0.25, -0.2) is 4.98 Å². The van der Waals surface area contributed by atoms with Crippen molar-refractivity contribution in [2.24, 2.45) is 0 Å². The van der Waals surface area contributed by atoms with E-state index in [1.54, 1.807) is 11.3 Å². The molecule has 1 amide bonds. The van der Waals surface area contributed by atoms with Crippen LogP contribution in [0.15, 0.2) is 35.8 Å². The van der Waals surface area contributed by atoms with Gasteiger partial charge in [-0.15, -0.1) is 11.3 Å². The molecular formula is C20H22ClN3OS. The summed E-state index contributed by atoms with van der Waals surface area (Å²) in [6.07, 6.45) is 9.64. The summed E-state index contributed by atoms with van der Waals surface area (Å²) in [5.41, 5.74) is 2.92. The Balaban J connectivity index is 1.48. The fourth-order valence-corrected chi connectivity index (χ4v) is 4.58. The van der Waals surface area contributed by atoms with E-state index in [-0.39, 0.29) is 5.91 Å². The first-order chi connectivity index (χ1) is 12.7. The summed E-state index contributed by atoms with van der Waals surface area (Å²) in [5.74, 6) is 0.110. The summed E-state index contributed by atoms with van der Waals surface area (Å²) < 4.78 is 2.03. The van der Waals surface area contributed by atoms with Gasteiger partial charge in [-0.2, -0.15) is 0 Å². The van der Waals surface area contributed by atoms with E-state index in [9.17, 15) is 4.79 Å². The van der Waals surface area contributed by atoms with E-state index in [0.717, 1.165) is 34.8 Å². The number of benzene rings is 1. The van der Waals surface area contributed by atoms with Crippen LogP contribution in [0.25, 0.3) is 16.2 Å². The molecule has 6 heteroatoms. The average Bonchev–Trinajstić information content (AvgIpc) is 3.10. The van der Waals surface area contributed by atoms with Crippen molar-refractivity contribution in [3.8, 4) is 11.3 Å². The van der Waals surface area contributed by atoms with Gasteiger partial charge in [-0.3, -0.25) is 9.20 Å². The number of hydrogen-bond donors (Lipinski definition) is 1. The highest BCUT2D eigenvalue weighted by molar-refractivity contribution is 7.15. The molecule has 2 heterocycles. The van der Waals surface area contributed by atoms with E-state index in [4.69, 9.17) is 11.6 Å². The molecule has 136 valence electrons. The largest absolute Gasteiger partial charge is 0.353 e. The van der Waals surface area contributed by atoms with Gasteiger partial charge in [0.1, 0.15) is 0 Å². The lowest BCUT2D eigenvalue weighted by Crippen LogP contribution is -2.35. The van der Waals surface area contributed by atoms with Gasteiger partial charge in [0.2, 0.25) is 5.91 Å². The van der Waals surface area contributed by atoms with Crippen molar-refractivity contribution >= 4 is 33.8 Å². The maximum Gasteiger partial charge on any atom is 0.226 e. The fraction of sp³-hybridized carbons (Fsp3) is 0.400. The van der Waals surface area contributed by atoms with Crippen LogP contribution in [-0.2, 0) is 11.2 Å². The normalized spacial score (nSPS) is 15.9. The first-order valence-corrected chi connectivity index (χ1v) is 10.5. The third-order valence-corrected chi connectivity index (χ3v) is 6.13. The molecule has 0 spiro atoms. The lowest BCUT2D eigenvalue weighted by atomic mass is 10.1. The second kappa shape index (κ2) is 7.80. The summed E-state index contributed by atoms with van der Waals surface area (Å²) in [5, 5.41) is 5.97. The van der Waals surface area contributed by atoms with E-state index in [1.165, 1.54) is 25.7 Å². The molecule has 1 fully saturated rings. The number of nitrogens with one attached hydrogen (secondary N) is 1. The molecule has 1 aliphatic carbocycles. The maximum atomic E-state index is 12.5. The molecule has 26 heavy (non-hydrogen) atoms.